The van der Waals surface area contributed by atoms with Crippen molar-refractivity contribution in [2.45, 2.75) is 6.92 Å². The summed E-state index contributed by atoms with van der Waals surface area (Å²) in [5, 5.41) is 2.60. The monoisotopic (exact) mass is 570 g/mol. The first kappa shape index (κ1) is 27.3. The number of carbonyl (C=O) groups is 4. The van der Waals surface area contributed by atoms with Crippen LogP contribution in [-0.4, -0.2) is 41.1 Å². The molecule has 0 bridgehead atoms. The predicted octanol–water partition coefficient (Wildman–Crippen LogP) is 6.29. The van der Waals surface area contributed by atoms with Gasteiger partial charge in [0.05, 0.1) is 22.1 Å². The Kier molecular flexibility index (Phi) is 8.73. The summed E-state index contributed by atoms with van der Waals surface area (Å²) in [6.45, 7) is 1.57. The SMILES string of the molecule is CCOc1cc(/C=C2\SC(=O)N(CC(=O)Nc3ccccc3)C2=O)cc(Cl)c1OC(=O)c1ccc(Cl)cc1. The van der Waals surface area contributed by atoms with Crippen molar-refractivity contribution < 1.29 is 28.7 Å². The lowest BCUT2D eigenvalue weighted by Crippen LogP contribution is -2.36. The third-order valence-corrected chi connectivity index (χ3v) is 6.58. The fraction of sp³-hybridized carbons (Fsp3) is 0.111. The highest BCUT2D eigenvalue weighted by Crippen LogP contribution is 2.39. The summed E-state index contributed by atoms with van der Waals surface area (Å²) in [4.78, 5) is 51.3. The van der Waals surface area contributed by atoms with Crippen molar-refractivity contribution in [2.24, 2.45) is 0 Å². The van der Waals surface area contributed by atoms with Gasteiger partial charge in [-0.25, -0.2) is 4.79 Å². The van der Waals surface area contributed by atoms with E-state index in [4.69, 9.17) is 32.7 Å². The molecule has 1 fully saturated rings. The van der Waals surface area contributed by atoms with Crippen LogP contribution in [0, 0.1) is 0 Å². The topological polar surface area (TPSA) is 102 Å². The van der Waals surface area contributed by atoms with Crippen LogP contribution in [0.25, 0.3) is 6.08 Å². The zero-order valence-electron chi connectivity index (χ0n) is 19.9. The third-order valence-electron chi connectivity index (χ3n) is 5.14. The van der Waals surface area contributed by atoms with Crippen molar-refractivity contribution in [3.05, 3.63) is 92.8 Å². The average molecular weight is 571 g/mol. The Bertz CT molecular complexity index is 1430. The summed E-state index contributed by atoms with van der Waals surface area (Å²) in [6, 6.07) is 17.9. The summed E-state index contributed by atoms with van der Waals surface area (Å²) < 4.78 is 11.1. The van der Waals surface area contributed by atoms with Gasteiger partial charge in [0.1, 0.15) is 6.54 Å². The molecule has 0 saturated carbocycles. The number of esters is 1. The number of ether oxygens (including phenoxy) is 2. The number of imide groups is 1. The van der Waals surface area contributed by atoms with Crippen LogP contribution >= 0.6 is 35.0 Å². The minimum absolute atomic E-state index is 0.0105. The second kappa shape index (κ2) is 12.2. The number of halogens is 2. The number of benzene rings is 3. The largest absolute Gasteiger partial charge is 0.490 e. The molecule has 8 nitrogen and oxygen atoms in total. The van der Waals surface area contributed by atoms with Crippen molar-refractivity contribution in [1.29, 1.82) is 0 Å². The van der Waals surface area contributed by atoms with E-state index >= 15 is 0 Å². The molecule has 0 atom stereocenters. The molecule has 1 aliphatic heterocycles. The quantitative estimate of drug-likeness (QED) is 0.193. The highest BCUT2D eigenvalue weighted by atomic mass is 35.5. The molecule has 0 unspecified atom stereocenters. The number of nitrogens with zero attached hydrogens (tertiary/aromatic N) is 1. The van der Waals surface area contributed by atoms with Crippen LogP contribution in [0.5, 0.6) is 11.5 Å². The van der Waals surface area contributed by atoms with Gasteiger partial charge in [-0.1, -0.05) is 41.4 Å². The number of carbonyl (C=O) groups excluding carboxylic acids is 4. The molecule has 0 spiro atoms. The third kappa shape index (κ3) is 6.55. The molecular weight excluding hydrogens is 551 g/mol. The van der Waals surface area contributed by atoms with Gasteiger partial charge >= 0.3 is 5.97 Å². The summed E-state index contributed by atoms with van der Waals surface area (Å²) in [7, 11) is 0. The fourth-order valence-electron chi connectivity index (χ4n) is 3.42. The van der Waals surface area contributed by atoms with Crippen molar-refractivity contribution >= 4 is 69.8 Å². The van der Waals surface area contributed by atoms with E-state index < -0.39 is 29.6 Å². The van der Waals surface area contributed by atoms with Crippen LogP contribution in [0.15, 0.2) is 71.6 Å². The van der Waals surface area contributed by atoms with E-state index in [1.165, 1.54) is 30.3 Å². The second-order valence-electron chi connectivity index (χ2n) is 7.84. The molecule has 1 saturated heterocycles. The van der Waals surface area contributed by atoms with Crippen LogP contribution < -0.4 is 14.8 Å². The van der Waals surface area contributed by atoms with E-state index in [2.05, 4.69) is 5.32 Å². The van der Waals surface area contributed by atoms with Crippen molar-refractivity contribution in [1.82, 2.24) is 4.90 Å². The van der Waals surface area contributed by atoms with Gasteiger partial charge in [-0.2, -0.15) is 0 Å². The van der Waals surface area contributed by atoms with Gasteiger partial charge in [-0.05, 0) is 78.9 Å². The number of amides is 3. The summed E-state index contributed by atoms with van der Waals surface area (Å²) in [5.41, 5.74) is 1.25. The second-order valence-corrected chi connectivity index (χ2v) is 9.68. The maximum absolute atomic E-state index is 12.9. The Labute approximate surface area is 232 Å². The zero-order chi connectivity index (χ0) is 27.2. The van der Waals surface area contributed by atoms with Gasteiger partial charge in [0, 0.05) is 10.7 Å². The first-order valence-corrected chi connectivity index (χ1v) is 12.9. The highest BCUT2D eigenvalue weighted by molar-refractivity contribution is 8.18. The van der Waals surface area contributed by atoms with Crippen LogP contribution in [0.1, 0.15) is 22.8 Å². The van der Waals surface area contributed by atoms with E-state index in [0.29, 0.717) is 28.0 Å². The number of hydrogen-bond donors (Lipinski definition) is 1. The van der Waals surface area contributed by atoms with Crippen molar-refractivity contribution in [2.75, 3.05) is 18.5 Å². The molecule has 4 rings (SSSR count). The maximum atomic E-state index is 12.9. The van der Waals surface area contributed by atoms with Crippen LogP contribution in [0.3, 0.4) is 0 Å². The van der Waals surface area contributed by atoms with Gasteiger partial charge in [0.15, 0.2) is 11.5 Å². The molecule has 3 aromatic carbocycles. The molecular formula is C27H20Cl2N2O6S. The van der Waals surface area contributed by atoms with Crippen molar-refractivity contribution in [3.8, 4) is 11.5 Å². The number of hydrogen-bond acceptors (Lipinski definition) is 7. The number of anilines is 1. The first-order valence-electron chi connectivity index (χ1n) is 11.3. The smallest absolute Gasteiger partial charge is 0.343 e. The molecule has 1 heterocycles. The summed E-state index contributed by atoms with van der Waals surface area (Å²) >= 11 is 13.0. The van der Waals surface area contributed by atoms with Gasteiger partial charge in [0.2, 0.25) is 5.91 Å². The van der Waals surface area contributed by atoms with E-state index in [0.717, 1.165) is 4.90 Å². The standard InChI is InChI=1S/C27H20Cl2N2O6S/c1-2-36-21-13-16(12-20(29)24(21)37-26(34)17-8-10-18(28)11-9-17)14-22-25(33)31(27(35)38-22)15-23(32)30-19-6-4-3-5-7-19/h3-14H,2,15H2,1H3,(H,30,32)/b22-14-. The highest BCUT2D eigenvalue weighted by Gasteiger charge is 2.36. The van der Waals surface area contributed by atoms with Gasteiger partial charge in [-0.3, -0.25) is 19.3 Å². The van der Waals surface area contributed by atoms with Crippen LogP contribution in [-0.2, 0) is 9.59 Å². The van der Waals surface area contributed by atoms with Crippen LogP contribution in [0.4, 0.5) is 10.5 Å². The minimum Gasteiger partial charge on any atom is -0.490 e. The molecule has 194 valence electrons. The molecule has 0 aromatic heterocycles. The van der Waals surface area contributed by atoms with Crippen LogP contribution in [0.2, 0.25) is 10.0 Å². The lowest BCUT2D eigenvalue weighted by Gasteiger charge is -2.14. The lowest BCUT2D eigenvalue weighted by molar-refractivity contribution is -0.127. The van der Waals surface area contributed by atoms with Crippen molar-refractivity contribution in [3.63, 3.8) is 0 Å². The molecule has 3 amide bonds. The molecule has 1 aliphatic rings. The summed E-state index contributed by atoms with van der Waals surface area (Å²) in [5.74, 6) is -1.60. The van der Waals surface area contributed by atoms with E-state index in [-0.39, 0.29) is 33.6 Å². The van der Waals surface area contributed by atoms with E-state index in [9.17, 15) is 19.2 Å². The van der Waals surface area contributed by atoms with Gasteiger partial charge in [-0.15, -0.1) is 0 Å². The number of rotatable bonds is 8. The van der Waals surface area contributed by atoms with Gasteiger partial charge < -0.3 is 14.8 Å². The molecule has 0 radical (unpaired) electrons. The Hall–Kier alpha value is -3.79. The minimum atomic E-state index is -0.660. The van der Waals surface area contributed by atoms with E-state index in [1.807, 2.05) is 0 Å². The molecule has 3 aromatic rings. The molecule has 38 heavy (non-hydrogen) atoms. The fourth-order valence-corrected chi connectivity index (χ4v) is 4.65. The van der Waals surface area contributed by atoms with E-state index in [1.54, 1.807) is 49.4 Å². The first-order chi connectivity index (χ1) is 18.2. The Morgan fingerprint density at radius 3 is 2.42 bits per heavy atom. The predicted molar refractivity (Wildman–Crippen MR) is 147 cm³/mol. The molecule has 11 heteroatoms. The molecule has 0 aliphatic carbocycles. The number of nitrogens with one attached hydrogen (secondary N) is 1. The lowest BCUT2D eigenvalue weighted by atomic mass is 10.1. The zero-order valence-corrected chi connectivity index (χ0v) is 22.2. The normalized spacial score (nSPS) is 14.1. The summed E-state index contributed by atoms with van der Waals surface area (Å²) in [6.07, 6.45) is 1.46. The Morgan fingerprint density at radius 1 is 1.03 bits per heavy atom. The average Bonchev–Trinajstić information content (AvgIpc) is 3.14. The number of para-hydroxylation sites is 1. The Morgan fingerprint density at radius 2 is 1.74 bits per heavy atom. The Balaban J connectivity index is 1.52. The number of thioether (sulfide) groups is 1. The molecule has 1 N–H and O–H groups in total. The maximum Gasteiger partial charge on any atom is 0.343 e. The van der Waals surface area contributed by atoms with Gasteiger partial charge in [0.25, 0.3) is 11.1 Å².